The topological polar surface area (TPSA) is 17.1 Å². The van der Waals surface area contributed by atoms with Crippen molar-refractivity contribution < 1.29 is 11.8 Å². The summed E-state index contributed by atoms with van der Waals surface area (Å²) in [4.78, 5) is 0. The van der Waals surface area contributed by atoms with Gasteiger partial charge in [0.2, 0.25) is 21.2 Å². The summed E-state index contributed by atoms with van der Waals surface area (Å²) < 4.78 is 32.2. The van der Waals surface area contributed by atoms with Crippen LogP contribution in [0.2, 0.25) is 0 Å². The zero-order valence-corrected chi connectivity index (χ0v) is 7.59. The molecule has 0 aromatic heterocycles. The average Bonchev–Trinajstić information content (AvgIpc) is 2.06. The van der Waals surface area contributed by atoms with Crippen LogP contribution >= 0.6 is 21.2 Å². The fourth-order valence-electron chi connectivity index (χ4n) is 0.672. The van der Waals surface area contributed by atoms with Crippen LogP contribution in [0.1, 0.15) is 5.56 Å². The van der Waals surface area contributed by atoms with Gasteiger partial charge < -0.3 is 0 Å². The van der Waals surface area contributed by atoms with E-state index in [1.165, 1.54) is 24.3 Å². The van der Waals surface area contributed by atoms with Gasteiger partial charge in [-0.25, -0.2) is 0 Å². The Kier molecular flexibility index (Phi) is 2.64. The second-order valence-corrected chi connectivity index (χ2v) is 3.74. The van der Waals surface area contributed by atoms with Crippen molar-refractivity contribution in [2.45, 2.75) is 3.93 Å². The van der Waals surface area contributed by atoms with Gasteiger partial charge in [0.1, 0.15) is 0 Å². The summed E-state index contributed by atoms with van der Waals surface area (Å²) in [5.41, 5.74) is -0.164. The van der Waals surface area contributed by atoms with Crippen LogP contribution in [0.3, 0.4) is 0 Å². The minimum atomic E-state index is -3.11. The highest BCUT2D eigenvalue weighted by Gasteiger charge is 2.31. The number of hydrogen-bond donors (Lipinski definition) is 0. The van der Waals surface area contributed by atoms with Crippen LogP contribution < -0.4 is 0 Å². The molecule has 0 spiro atoms. The normalized spacial score (nSPS) is 11.5. The molecule has 0 aliphatic rings. The van der Waals surface area contributed by atoms with Crippen LogP contribution in [-0.4, -0.2) is 0 Å². The zero-order valence-electron chi connectivity index (χ0n) is 5.43. The molecule has 0 heterocycles. The first-order valence-corrected chi connectivity index (χ1v) is 4.84. The summed E-state index contributed by atoms with van der Waals surface area (Å²) in [5, 5.41) is 0. The van der Waals surface area contributed by atoms with Gasteiger partial charge in [-0.2, -0.15) is 8.78 Å². The Morgan fingerprint density at radius 3 is 2.18 bits per heavy atom. The van der Waals surface area contributed by atoms with E-state index in [1.54, 1.807) is 6.07 Å². The predicted molar refractivity (Wildman–Crippen MR) is 45.0 cm³/mol. The SMILES string of the molecule is O=IC(F)(F)c1ccccc1. The molecule has 11 heavy (non-hydrogen) atoms. The first kappa shape index (κ1) is 8.70. The summed E-state index contributed by atoms with van der Waals surface area (Å²) >= 11 is -2.30. The third-order valence-corrected chi connectivity index (χ3v) is 2.37. The molecule has 0 radical (unpaired) electrons. The van der Waals surface area contributed by atoms with Crippen molar-refractivity contribution in [3.05, 3.63) is 35.9 Å². The van der Waals surface area contributed by atoms with Gasteiger partial charge in [-0.1, -0.05) is 30.3 Å². The lowest BCUT2D eigenvalue weighted by Gasteiger charge is -2.05. The highest BCUT2D eigenvalue weighted by molar-refractivity contribution is 14.1. The van der Waals surface area contributed by atoms with Crippen molar-refractivity contribution in [3.8, 4) is 0 Å². The quantitative estimate of drug-likeness (QED) is 0.596. The molecule has 0 N–H and O–H groups in total. The van der Waals surface area contributed by atoms with Crippen molar-refractivity contribution in [3.63, 3.8) is 0 Å². The highest BCUT2D eigenvalue weighted by atomic mass is 127. The molecule has 0 atom stereocenters. The number of rotatable bonds is 2. The fraction of sp³-hybridized carbons (Fsp3) is 0.143. The predicted octanol–water partition coefficient (Wildman–Crippen LogP) is 3.05. The number of alkyl halides is 3. The van der Waals surface area contributed by atoms with Gasteiger partial charge in [0.05, 0.1) is 0 Å². The van der Waals surface area contributed by atoms with E-state index in [0.717, 1.165) is 0 Å². The van der Waals surface area contributed by atoms with Crippen LogP contribution in [-0.2, 0) is 7.00 Å². The standard InChI is InChI=1S/C7H5F2IO/c8-7(9,10-11)6-4-2-1-3-5-6/h1-5H. The summed E-state index contributed by atoms with van der Waals surface area (Å²) in [6.45, 7) is 0. The Balaban J connectivity index is 3.02. The van der Waals surface area contributed by atoms with E-state index in [-0.39, 0.29) is 5.56 Å². The van der Waals surface area contributed by atoms with Crippen LogP contribution in [0.25, 0.3) is 0 Å². The number of halogens is 3. The largest absolute Gasteiger partial charge is 0.352 e. The van der Waals surface area contributed by atoms with E-state index in [2.05, 4.69) is 0 Å². The molecule has 0 bridgehead atoms. The second kappa shape index (κ2) is 3.34. The second-order valence-electron chi connectivity index (χ2n) is 1.94. The third-order valence-electron chi connectivity index (χ3n) is 1.20. The molecular formula is C7H5F2IO. The molecule has 0 fully saturated rings. The van der Waals surface area contributed by atoms with E-state index in [4.69, 9.17) is 0 Å². The summed E-state index contributed by atoms with van der Waals surface area (Å²) in [6, 6.07) is 7.20. The van der Waals surface area contributed by atoms with Crippen molar-refractivity contribution in [1.82, 2.24) is 0 Å². The molecule has 0 unspecified atom stereocenters. The molecule has 0 saturated carbocycles. The molecule has 60 valence electrons. The maximum absolute atomic E-state index is 12.6. The molecular weight excluding hydrogens is 265 g/mol. The summed E-state index contributed by atoms with van der Waals surface area (Å²) in [5.74, 6) is 0. The lowest BCUT2D eigenvalue weighted by molar-refractivity contribution is 0.126. The Morgan fingerprint density at radius 2 is 1.73 bits per heavy atom. The van der Waals surface area contributed by atoms with Crippen molar-refractivity contribution >= 4 is 21.2 Å². The van der Waals surface area contributed by atoms with Gasteiger partial charge in [-0.05, 0) is 0 Å². The third kappa shape index (κ3) is 2.02. The minimum absolute atomic E-state index is 0.164. The first-order valence-electron chi connectivity index (χ1n) is 2.88. The van der Waals surface area contributed by atoms with Crippen LogP contribution in [0.15, 0.2) is 30.3 Å². The summed E-state index contributed by atoms with van der Waals surface area (Å²) in [6.07, 6.45) is 0. The fourth-order valence-corrected chi connectivity index (χ4v) is 1.29. The van der Waals surface area contributed by atoms with Gasteiger partial charge in [-0.15, -0.1) is 0 Å². The highest BCUT2D eigenvalue weighted by Crippen LogP contribution is 2.38. The molecule has 0 amide bonds. The molecule has 4 heteroatoms. The van der Waals surface area contributed by atoms with Crippen LogP contribution in [0, 0.1) is 0 Å². The smallest absolute Gasteiger partial charge is 0.264 e. The number of hydrogen-bond acceptors (Lipinski definition) is 1. The van der Waals surface area contributed by atoms with Crippen molar-refractivity contribution in [2.24, 2.45) is 0 Å². The molecule has 1 aromatic rings. The number of benzene rings is 1. The van der Waals surface area contributed by atoms with Crippen LogP contribution in [0.5, 0.6) is 0 Å². The van der Waals surface area contributed by atoms with E-state index < -0.39 is 25.1 Å². The van der Waals surface area contributed by atoms with E-state index in [9.17, 15) is 11.8 Å². The Morgan fingerprint density at radius 1 is 1.18 bits per heavy atom. The van der Waals surface area contributed by atoms with Crippen LogP contribution in [0.4, 0.5) is 8.78 Å². The Labute approximate surface area is 73.1 Å². The molecule has 0 aliphatic heterocycles. The first-order chi connectivity index (χ1) is 5.17. The lowest BCUT2D eigenvalue weighted by Crippen LogP contribution is -2.02. The van der Waals surface area contributed by atoms with Gasteiger partial charge in [0.15, 0.2) is 0 Å². The lowest BCUT2D eigenvalue weighted by atomic mass is 10.2. The van der Waals surface area contributed by atoms with Gasteiger partial charge >= 0.3 is 3.93 Å². The van der Waals surface area contributed by atoms with Crippen molar-refractivity contribution in [1.29, 1.82) is 0 Å². The molecule has 1 rings (SSSR count). The zero-order chi connectivity index (χ0) is 8.32. The van der Waals surface area contributed by atoms with Gasteiger partial charge in [-0.3, -0.25) is 3.07 Å². The molecule has 0 saturated heterocycles. The molecule has 1 aromatic carbocycles. The average molecular weight is 270 g/mol. The summed E-state index contributed by atoms with van der Waals surface area (Å²) in [7, 11) is 0. The molecule has 0 aliphatic carbocycles. The van der Waals surface area contributed by atoms with Gasteiger partial charge in [0.25, 0.3) is 0 Å². The maximum Gasteiger partial charge on any atom is 0.352 e. The van der Waals surface area contributed by atoms with Gasteiger partial charge in [0, 0.05) is 5.56 Å². The minimum Gasteiger partial charge on any atom is -0.264 e. The molecule has 1 nitrogen and oxygen atoms in total. The maximum atomic E-state index is 12.6. The Hall–Kier alpha value is -0.390. The van der Waals surface area contributed by atoms with Crippen molar-refractivity contribution in [2.75, 3.05) is 0 Å². The van der Waals surface area contributed by atoms with E-state index in [1.807, 2.05) is 0 Å². The van der Waals surface area contributed by atoms with E-state index >= 15 is 0 Å². The Bertz CT molecular complexity index is 248. The van der Waals surface area contributed by atoms with E-state index in [0.29, 0.717) is 0 Å². The monoisotopic (exact) mass is 270 g/mol.